The highest BCUT2D eigenvalue weighted by atomic mass is 35.5. The van der Waals surface area contributed by atoms with Crippen molar-refractivity contribution in [2.24, 2.45) is 0 Å². The van der Waals surface area contributed by atoms with Gasteiger partial charge in [0.15, 0.2) is 5.69 Å². The topological polar surface area (TPSA) is 45.0 Å². The van der Waals surface area contributed by atoms with E-state index < -0.39 is 0 Å². The van der Waals surface area contributed by atoms with Crippen molar-refractivity contribution < 1.29 is 9.78 Å². The van der Waals surface area contributed by atoms with E-state index in [9.17, 15) is 5.21 Å². The van der Waals surface area contributed by atoms with Crippen LogP contribution in [0.3, 0.4) is 0 Å². The molecule has 6 nitrogen and oxygen atoms in total. The van der Waals surface area contributed by atoms with E-state index in [0.29, 0.717) is 10.7 Å². The molecular weight excluding hydrogens is 254 g/mol. The molecule has 0 saturated heterocycles. The zero-order valence-corrected chi connectivity index (χ0v) is 11.6. The lowest BCUT2D eigenvalue weighted by Crippen LogP contribution is -2.53. The summed E-state index contributed by atoms with van der Waals surface area (Å²) in [6.45, 7) is 0. The molecule has 7 heteroatoms. The van der Waals surface area contributed by atoms with Crippen LogP contribution in [0.25, 0.3) is 0 Å². The molecule has 1 aliphatic heterocycles. The van der Waals surface area contributed by atoms with Gasteiger partial charge in [-0.2, -0.15) is 5.17 Å². The molecule has 0 amide bonds. The molecular formula is C11H17ClN5O+. The molecule has 98 valence electrons. The first-order valence-corrected chi connectivity index (χ1v) is 5.86. The number of hydrogen-bond donors (Lipinski definition) is 2. The summed E-state index contributed by atoms with van der Waals surface area (Å²) in [5.74, 6) is 0.884. The third-order valence-electron chi connectivity index (χ3n) is 2.60. The van der Waals surface area contributed by atoms with Crippen molar-refractivity contribution >= 4 is 28.9 Å². The number of halogens is 1. The Hall–Kier alpha value is -1.50. The number of nitrogens with one attached hydrogen (secondary N) is 1. The molecule has 0 aliphatic carbocycles. The predicted octanol–water partition coefficient (Wildman–Crippen LogP) is 0.965. The molecule has 1 aliphatic rings. The van der Waals surface area contributed by atoms with Crippen LogP contribution in [0.15, 0.2) is 18.2 Å². The lowest BCUT2D eigenvalue weighted by atomic mass is 10.2. The molecule has 0 bridgehead atoms. The summed E-state index contributed by atoms with van der Waals surface area (Å²) in [7, 11) is 7.75. The average molecular weight is 271 g/mol. The van der Waals surface area contributed by atoms with E-state index in [0.717, 1.165) is 16.8 Å². The number of nitrogens with zero attached hydrogens (tertiary/aromatic N) is 4. The van der Waals surface area contributed by atoms with Crippen LogP contribution in [0.4, 0.5) is 11.4 Å². The third-order valence-corrected chi connectivity index (χ3v) is 2.84. The molecule has 0 radical (unpaired) electrons. The van der Waals surface area contributed by atoms with E-state index in [4.69, 9.17) is 11.6 Å². The largest absolute Gasteiger partial charge is 0.373 e. The highest BCUT2D eigenvalue weighted by Crippen LogP contribution is 2.34. The number of hydrazine groups is 2. The summed E-state index contributed by atoms with van der Waals surface area (Å²) in [4.78, 5) is 1.95. The van der Waals surface area contributed by atoms with E-state index >= 15 is 0 Å². The van der Waals surface area contributed by atoms with Crippen LogP contribution in [0.2, 0.25) is 5.02 Å². The minimum Gasteiger partial charge on any atom is -0.271 e. The number of guanidine groups is 1. The van der Waals surface area contributed by atoms with Gasteiger partial charge in [0.05, 0.1) is 28.2 Å². The van der Waals surface area contributed by atoms with Crippen molar-refractivity contribution in [3.63, 3.8) is 0 Å². The first kappa shape index (κ1) is 12.9. The summed E-state index contributed by atoms with van der Waals surface area (Å²) >= 11 is 5.93. The quantitative estimate of drug-likeness (QED) is 0.418. The first-order valence-electron chi connectivity index (χ1n) is 5.48. The Labute approximate surface area is 111 Å². The molecule has 2 N–H and O–H groups in total. The fourth-order valence-electron chi connectivity index (χ4n) is 2.01. The van der Waals surface area contributed by atoms with E-state index in [1.54, 1.807) is 17.1 Å². The lowest BCUT2D eigenvalue weighted by molar-refractivity contribution is -0.471. The minimum atomic E-state index is 0.577. The fourth-order valence-corrected chi connectivity index (χ4v) is 2.18. The molecule has 18 heavy (non-hydrogen) atoms. The number of hydrogen-bond acceptors (Lipinski definition) is 3. The maximum absolute atomic E-state index is 9.86. The molecule has 0 atom stereocenters. The highest BCUT2D eigenvalue weighted by Gasteiger charge is 2.36. The van der Waals surface area contributed by atoms with Crippen LogP contribution in [-0.4, -0.2) is 48.8 Å². The zero-order chi connectivity index (χ0) is 13.4. The predicted molar refractivity (Wildman–Crippen MR) is 72.1 cm³/mol. The van der Waals surface area contributed by atoms with E-state index in [-0.39, 0.29) is 0 Å². The van der Waals surface area contributed by atoms with Gasteiger partial charge in [-0.3, -0.25) is 14.7 Å². The highest BCUT2D eigenvalue weighted by molar-refractivity contribution is 6.31. The zero-order valence-electron chi connectivity index (χ0n) is 10.8. The Kier molecular flexibility index (Phi) is 3.34. The van der Waals surface area contributed by atoms with Crippen molar-refractivity contribution in [3.8, 4) is 0 Å². The fraction of sp³-hybridized carbons (Fsp3) is 0.364. The second-order valence-electron chi connectivity index (χ2n) is 4.47. The Morgan fingerprint density at radius 2 is 2.00 bits per heavy atom. The van der Waals surface area contributed by atoms with Crippen molar-refractivity contribution in [2.75, 3.05) is 38.4 Å². The van der Waals surface area contributed by atoms with Crippen LogP contribution in [-0.2, 0) is 0 Å². The van der Waals surface area contributed by atoms with Crippen LogP contribution < -0.4 is 15.7 Å². The first-order chi connectivity index (χ1) is 8.41. The lowest BCUT2D eigenvalue weighted by Gasteiger charge is -2.20. The van der Waals surface area contributed by atoms with Crippen LogP contribution >= 0.6 is 11.6 Å². The second kappa shape index (κ2) is 4.64. The van der Waals surface area contributed by atoms with Crippen molar-refractivity contribution in [3.05, 3.63) is 23.2 Å². The van der Waals surface area contributed by atoms with Gasteiger partial charge in [0.2, 0.25) is 0 Å². The minimum absolute atomic E-state index is 0.577. The smallest absolute Gasteiger partial charge is 0.271 e. The summed E-state index contributed by atoms with van der Waals surface area (Å²) in [5.41, 5.74) is 4.30. The Balaban J connectivity index is 2.49. The number of anilines is 2. The Bertz CT molecular complexity index is 498. The van der Waals surface area contributed by atoms with Gasteiger partial charge in [0.1, 0.15) is 5.69 Å². The third kappa shape index (κ3) is 2.10. The van der Waals surface area contributed by atoms with Gasteiger partial charge in [-0.15, -0.1) is 5.01 Å². The molecule has 0 unspecified atom stereocenters. The van der Waals surface area contributed by atoms with Gasteiger partial charge in [-0.25, -0.2) is 0 Å². The summed E-state index contributed by atoms with van der Waals surface area (Å²) < 4.78 is 1.95. The molecule has 0 aromatic heterocycles. The molecule has 1 aromatic rings. The SMILES string of the molecule is CN(C)C(N1NN(O)c2cc(Cl)ccc21)=[N+](C)C. The van der Waals surface area contributed by atoms with Gasteiger partial charge in [-0.05, 0) is 18.2 Å². The standard InChI is InChI=1S/C11H17ClN5O/c1-14(2)11(15(3)4)16-9-6-5-8(12)7-10(9)17(18)13-16/h5-7,13,18H,1-4H3/q+1. The van der Waals surface area contributed by atoms with Crippen molar-refractivity contribution in [2.45, 2.75) is 0 Å². The molecule has 0 saturated carbocycles. The van der Waals surface area contributed by atoms with Crippen molar-refractivity contribution in [1.29, 1.82) is 0 Å². The van der Waals surface area contributed by atoms with E-state index in [1.807, 2.05) is 43.7 Å². The maximum Gasteiger partial charge on any atom is 0.373 e. The van der Waals surface area contributed by atoms with Crippen molar-refractivity contribution in [1.82, 2.24) is 10.4 Å². The monoisotopic (exact) mass is 270 g/mol. The Morgan fingerprint density at radius 1 is 1.33 bits per heavy atom. The molecule has 1 aromatic carbocycles. The van der Waals surface area contributed by atoms with Gasteiger partial charge in [0.25, 0.3) is 0 Å². The number of rotatable bonds is 0. The van der Waals surface area contributed by atoms with Crippen LogP contribution in [0.1, 0.15) is 0 Å². The molecule has 2 rings (SSSR count). The van der Waals surface area contributed by atoms with E-state index in [1.165, 1.54) is 0 Å². The Morgan fingerprint density at radius 3 is 2.56 bits per heavy atom. The second-order valence-corrected chi connectivity index (χ2v) is 4.91. The maximum atomic E-state index is 9.86. The summed E-state index contributed by atoms with van der Waals surface area (Å²) in [5, 5.41) is 13.2. The van der Waals surface area contributed by atoms with Crippen LogP contribution in [0, 0.1) is 0 Å². The van der Waals surface area contributed by atoms with Gasteiger partial charge >= 0.3 is 5.96 Å². The summed E-state index contributed by atoms with van der Waals surface area (Å²) in [6, 6.07) is 5.35. The molecule has 0 fully saturated rings. The van der Waals surface area contributed by atoms with Crippen LogP contribution in [0.5, 0.6) is 0 Å². The van der Waals surface area contributed by atoms with E-state index in [2.05, 4.69) is 5.53 Å². The number of fused-ring (bicyclic) bond motifs is 1. The summed E-state index contributed by atoms with van der Waals surface area (Å²) in [6.07, 6.45) is 0. The molecule has 0 spiro atoms. The van der Waals surface area contributed by atoms with Gasteiger partial charge in [0, 0.05) is 5.02 Å². The average Bonchev–Trinajstić information content (AvgIpc) is 2.55. The number of benzene rings is 1. The normalized spacial score (nSPS) is 13.7. The molecule has 1 heterocycles. The van der Waals surface area contributed by atoms with Gasteiger partial charge in [-0.1, -0.05) is 17.1 Å². The van der Waals surface area contributed by atoms with Gasteiger partial charge < -0.3 is 0 Å².